The van der Waals surface area contributed by atoms with E-state index in [2.05, 4.69) is 36.3 Å². The standard InChI is InChI=1S/C15H20N2OS/c1-4-18-15-10(2)7-12(8-11(15)3)13-9-19-14(17-13)5-6-16/h7-9H,4-6,16H2,1-3H3. The molecule has 3 nitrogen and oxygen atoms in total. The molecule has 0 aliphatic carbocycles. The third-order valence-corrected chi connectivity index (χ3v) is 3.86. The van der Waals surface area contributed by atoms with Crippen LogP contribution in [0.25, 0.3) is 11.3 Å². The fourth-order valence-corrected chi connectivity index (χ4v) is 2.98. The molecule has 0 aliphatic rings. The zero-order chi connectivity index (χ0) is 13.8. The minimum absolute atomic E-state index is 0.647. The number of hydrogen-bond acceptors (Lipinski definition) is 4. The molecule has 2 N–H and O–H groups in total. The van der Waals surface area contributed by atoms with Gasteiger partial charge in [0.1, 0.15) is 5.75 Å². The molecule has 1 aromatic carbocycles. The highest BCUT2D eigenvalue weighted by Gasteiger charge is 2.10. The van der Waals surface area contributed by atoms with Crippen LogP contribution in [-0.2, 0) is 6.42 Å². The molecule has 0 saturated carbocycles. The lowest BCUT2D eigenvalue weighted by Crippen LogP contribution is -2.02. The average molecular weight is 276 g/mol. The lowest BCUT2D eigenvalue weighted by Gasteiger charge is -2.12. The van der Waals surface area contributed by atoms with Gasteiger partial charge in [-0.3, -0.25) is 0 Å². The van der Waals surface area contributed by atoms with Crippen LogP contribution < -0.4 is 10.5 Å². The van der Waals surface area contributed by atoms with Crippen molar-refractivity contribution in [2.75, 3.05) is 13.2 Å². The largest absolute Gasteiger partial charge is 0.493 e. The molecule has 19 heavy (non-hydrogen) atoms. The second-order valence-electron chi connectivity index (χ2n) is 4.54. The molecule has 0 atom stereocenters. The molecule has 0 aliphatic heterocycles. The van der Waals surface area contributed by atoms with E-state index in [4.69, 9.17) is 10.5 Å². The third kappa shape index (κ3) is 3.14. The molecule has 0 bridgehead atoms. The van der Waals surface area contributed by atoms with Crippen LogP contribution in [0.5, 0.6) is 5.75 Å². The van der Waals surface area contributed by atoms with Crippen LogP contribution in [0.3, 0.4) is 0 Å². The first-order valence-corrected chi connectivity index (χ1v) is 7.42. The zero-order valence-electron chi connectivity index (χ0n) is 11.7. The summed E-state index contributed by atoms with van der Waals surface area (Å²) in [6.45, 7) is 7.50. The summed E-state index contributed by atoms with van der Waals surface area (Å²) in [5.74, 6) is 0.990. The highest BCUT2D eigenvalue weighted by atomic mass is 32.1. The Balaban J connectivity index is 2.34. The van der Waals surface area contributed by atoms with E-state index in [-0.39, 0.29) is 0 Å². The highest BCUT2D eigenvalue weighted by Crippen LogP contribution is 2.30. The molecule has 0 fully saturated rings. The van der Waals surface area contributed by atoms with Crippen LogP contribution in [0.4, 0.5) is 0 Å². The van der Waals surface area contributed by atoms with Gasteiger partial charge in [0, 0.05) is 17.4 Å². The van der Waals surface area contributed by atoms with Gasteiger partial charge >= 0.3 is 0 Å². The van der Waals surface area contributed by atoms with Gasteiger partial charge < -0.3 is 10.5 Å². The van der Waals surface area contributed by atoms with E-state index in [0.717, 1.165) is 39.6 Å². The van der Waals surface area contributed by atoms with E-state index in [9.17, 15) is 0 Å². The topological polar surface area (TPSA) is 48.1 Å². The molecular formula is C15H20N2OS. The van der Waals surface area contributed by atoms with E-state index in [1.54, 1.807) is 11.3 Å². The van der Waals surface area contributed by atoms with Gasteiger partial charge in [0.25, 0.3) is 0 Å². The lowest BCUT2D eigenvalue weighted by atomic mass is 10.0. The van der Waals surface area contributed by atoms with Crippen molar-refractivity contribution in [3.63, 3.8) is 0 Å². The van der Waals surface area contributed by atoms with Crippen LogP contribution in [0.2, 0.25) is 0 Å². The highest BCUT2D eigenvalue weighted by molar-refractivity contribution is 7.09. The number of rotatable bonds is 5. The quantitative estimate of drug-likeness (QED) is 0.911. The number of benzene rings is 1. The van der Waals surface area contributed by atoms with Gasteiger partial charge in [0.05, 0.1) is 17.3 Å². The van der Waals surface area contributed by atoms with Crippen molar-refractivity contribution in [1.82, 2.24) is 4.98 Å². The maximum Gasteiger partial charge on any atom is 0.125 e. The Kier molecular flexibility index (Phi) is 4.56. The predicted molar refractivity (Wildman–Crippen MR) is 81.0 cm³/mol. The van der Waals surface area contributed by atoms with Crippen LogP contribution in [0.1, 0.15) is 23.1 Å². The Hall–Kier alpha value is -1.39. The fraction of sp³-hybridized carbons (Fsp3) is 0.400. The minimum atomic E-state index is 0.647. The number of hydrogen-bond donors (Lipinski definition) is 1. The van der Waals surface area contributed by atoms with Crippen LogP contribution >= 0.6 is 11.3 Å². The summed E-state index contributed by atoms with van der Waals surface area (Å²) in [6, 6.07) is 4.28. The zero-order valence-corrected chi connectivity index (χ0v) is 12.5. The maximum atomic E-state index is 5.67. The summed E-state index contributed by atoms with van der Waals surface area (Å²) < 4.78 is 5.67. The number of ether oxygens (including phenoxy) is 1. The summed E-state index contributed by atoms with van der Waals surface area (Å²) >= 11 is 1.67. The average Bonchev–Trinajstić information content (AvgIpc) is 2.83. The Labute approximate surface area is 118 Å². The van der Waals surface area contributed by atoms with Crippen molar-refractivity contribution in [3.05, 3.63) is 33.6 Å². The molecular weight excluding hydrogens is 256 g/mol. The van der Waals surface area contributed by atoms with Crippen molar-refractivity contribution in [2.24, 2.45) is 5.73 Å². The van der Waals surface area contributed by atoms with E-state index in [1.165, 1.54) is 0 Å². The predicted octanol–water partition coefficient (Wildman–Crippen LogP) is 3.33. The number of aromatic nitrogens is 1. The second kappa shape index (κ2) is 6.17. The Morgan fingerprint density at radius 2 is 1.95 bits per heavy atom. The maximum absolute atomic E-state index is 5.67. The Morgan fingerprint density at radius 3 is 2.53 bits per heavy atom. The molecule has 0 amide bonds. The molecule has 2 aromatic rings. The first kappa shape index (κ1) is 14.0. The molecule has 0 saturated heterocycles. The smallest absolute Gasteiger partial charge is 0.125 e. The molecule has 0 radical (unpaired) electrons. The second-order valence-corrected chi connectivity index (χ2v) is 5.48. The molecule has 0 spiro atoms. The molecule has 0 unspecified atom stereocenters. The SMILES string of the molecule is CCOc1c(C)cc(-c2csc(CCN)n2)cc1C. The van der Waals surface area contributed by atoms with Crippen LogP contribution in [-0.4, -0.2) is 18.1 Å². The van der Waals surface area contributed by atoms with E-state index in [1.807, 2.05) is 6.92 Å². The molecule has 2 rings (SSSR count). The van der Waals surface area contributed by atoms with Crippen molar-refractivity contribution in [2.45, 2.75) is 27.2 Å². The van der Waals surface area contributed by atoms with Gasteiger partial charge in [-0.05, 0) is 50.6 Å². The normalized spacial score (nSPS) is 10.7. The fourth-order valence-electron chi connectivity index (χ4n) is 2.15. The first-order valence-electron chi connectivity index (χ1n) is 6.54. The number of nitrogens with two attached hydrogens (primary N) is 1. The molecule has 4 heteroatoms. The molecule has 1 aromatic heterocycles. The van der Waals surface area contributed by atoms with Gasteiger partial charge in [0.15, 0.2) is 0 Å². The number of aryl methyl sites for hydroxylation is 2. The van der Waals surface area contributed by atoms with Gasteiger partial charge in [0.2, 0.25) is 0 Å². The summed E-state index contributed by atoms with van der Waals surface area (Å²) in [7, 11) is 0. The lowest BCUT2D eigenvalue weighted by molar-refractivity contribution is 0.335. The van der Waals surface area contributed by atoms with Crippen molar-refractivity contribution in [1.29, 1.82) is 0 Å². The van der Waals surface area contributed by atoms with E-state index >= 15 is 0 Å². The summed E-state index contributed by atoms with van der Waals surface area (Å²) in [5, 5.41) is 3.20. The Bertz CT molecular complexity index is 540. The first-order chi connectivity index (χ1) is 9.15. The summed E-state index contributed by atoms with van der Waals surface area (Å²) in [4.78, 5) is 4.63. The van der Waals surface area contributed by atoms with Gasteiger partial charge in [-0.25, -0.2) is 4.98 Å². The summed E-state index contributed by atoms with van der Waals surface area (Å²) in [5.41, 5.74) is 10.1. The van der Waals surface area contributed by atoms with Gasteiger partial charge in [-0.2, -0.15) is 0 Å². The minimum Gasteiger partial charge on any atom is -0.493 e. The van der Waals surface area contributed by atoms with Gasteiger partial charge in [-0.15, -0.1) is 11.3 Å². The van der Waals surface area contributed by atoms with E-state index in [0.29, 0.717) is 13.2 Å². The van der Waals surface area contributed by atoms with E-state index < -0.39 is 0 Å². The van der Waals surface area contributed by atoms with Gasteiger partial charge in [-0.1, -0.05) is 0 Å². The van der Waals surface area contributed by atoms with Crippen LogP contribution in [0.15, 0.2) is 17.5 Å². The summed E-state index contributed by atoms with van der Waals surface area (Å²) in [6.07, 6.45) is 0.847. The molecule has 102 valence electrons. The third-order valence-electron chi connectivity index (χ3n) is 2.95. The monoisotopic (exact) mass is 276 g/mol. The number of nitrogens with zero attached hydrogens (tertiary/aromatic N) is 1. The van der Waals surface area contributed by atoms with Crippen molar-refractivity contribution >= 4 is 11.3 Å². The van der Waals surface area contributed by atoms with Crippen LogP contribution in [0, 0.1) is 13.8 Å². The molecule has 1 heterocycles. The van der Waals surface area contributed by atoms with Crippen molar-refractivity contribution < 1.29 is 4.74 Å². The van der Waals surface area contributed by atoms with Crippen molar-refractivity contribution in [3.8, 4) is 17.0 Å². The Morgan fingerprint density at radius 1 is 1.26 bits per heavy atom. The number of thiazole rings is 1.